The van der Waals surface area contributed by atoms with Gasteiger partial charge in [-0.15, -0.1) is 5.10 Å². The van der Waals surface area contributed by atoms with E-state index in [9.17, 15) is 17.2 Å². The first-order chi connectivity index (χ1) is 15.9. The van der Waals surface area contributed by atoms with Crippen LogP contribution in [0.3, 0.4) is 0 Å². The van der Waals surface area contributed by atoms with E-state index >= 15 is 0 Å². The van der Waals surface area contributed by atoms with Crippen LogP contribution in [0.1, 0.15) is 5.82 Å². The molecule has 8 nitrogen and oxygen atoms in total. The van der Waals surface area contributed by atoms with Crippen LogP contribution in [0.4, 0.5) is 8.78 Å². The minimum atomic E-state index is -3.61. The molecule has 2 heterocycles. The summed E-state index contributed by atoms with van der Waals surface area (Å²) in [4.78, 5) is 2.30. The third-order valence-corrected chi connectivity index (χ3v) is 7.63. The van der Waals surface area contributed by atoms with Crippen LogP contribution in [-0.4, -0.2) is 64.0 Å². The molecule has 1 fully saturated rings. The van der Waals surface area contributed by atoms with E-state index in [2.05, 4.69) is 15.5 Å². The smallest absolute Gasteiger partial charge is 0.243 e. The molecule has 0 amide bonds. The minimum absolute atomic E-state index is 0.275. The SMILES string of the molecule is O=S(=O)(c1ccc2ccccc2c1)N1CCN(Cc2nnnn2-c2ccc(F)c(F)c2)CC1. The van der Waals surface area contributed by atoms with Crippen LogP contribution in [0.15, 0.2) is 65.6 Å². The molecule has 170 valence electrons. The Balaban J connectivity index is 1.28. The summed E-state index contributed by atoms with van der Waals surface area (Å²) in [6.45, 7) is 1.95. The van der Waals surface area contributed by atoms with Crippen LogP contribution in [0.25, 0.3) is 16.5 Å². The number of nitrogens with zero attached hydrogens (tertiary/aromatic N) is 6. The normalized spacial score (nSPS) is 15.8. The molecule has 0 radical (unpaired) electrons. The Morgan fingerprint density at radius 2 is 1.61 bits per heavy atom. The summed E-state index contributed by atoms with van der Waals surface area (Å²) in [6, 6.07) is 16.2. The number of fused-ring (bicyclic) bond motifs is 1. The Labute approximate surface area is 189 Å². The Morgan fingerprint density at radius 3 is 2.36 bits per heavy atom. The number of sulfonamides is 1. The molecule has 1 aliphatic heterocycles. The molecule has 5 rings (SSSR count). The van der Waals surface area contributed by atoms with E-state index in [1.54, 1.807) is 12.1 Å². The lowest BCUT2D eigenvalue weighted by molar-refractivity contribution is 0.177. The molecule has 1 saturated heterocycles. The maximum atomic E-state index is 13.6. The van der Waals surface area contributed by atoms with Crippen molar-refractivity contribution < 1.29 is 17.2 Å². The Kier molecular flexibility index (Phi) is 5.60. The highest BCUT2D eigenvalue weighted by molar-refractivity contribution is 7.89. The molecule has 0 unspecified atom stereocenters. The highest BCUT2D eigenvalue weighted by Gasteiger charge is 2.29. The largest absolute Gasteiger partial charge is 0.293 e. The maximum Gasteiger partial charge on any atom is 0.243 e. The summed E-state index contributed by atoms with van der Waals surface area (Å²) >= 11 is 0. The van der Waals surface area contributed by atoms with Crippen LogP contribution in [0, 0.1) is 11.6 Å². The molecule has 0 aliphatic carbocycles. The zero-order chi connectivity index (χ0) is 23.0. The van der Waals surface area contributed by atoms with Crippen molar-refractivity contribution in [3.63, 3.8) is 0 Å². The van der Waals surface area contributed by atoms with Gasteiger partial charge in [-0.1, -0.05) is 30.3 Å². The van der Waals surface area contributed by atoms with Gasteiger partial charge in [0.15, 0.2) is 17.5 Å². The Hall–Kier alpha value is -3.28. The molecule has 0 N–H and O–H groups in total. The highest BCUT2D eigenvalue weighted by Crippen LogP contribution is 2.23. The summed E-state index contributed by atoms with van der Waals surface area (Å²) in [6.07, 6.45) is 0. The van der Waals surface area contributed by atoms with Gasteiger partial charge in [0.1, 0.15) is 0 Å². The number of rotatable bonds is 5. The fraction of sp³-hybridized carbons (Fsp3) is 0.227. The van der Waals surface area contributed by atoms with Gasteiger partial charge in [0.25, 0.3) is 0 Å². The van der Waals surface area contributed by atoms with Crippen molar-refractivity contribution in [2.45, 2.75) is 11.4 Å². The fourth-order valence-corrected chi connectivity index (χ4v) is 5.38. The zero-order valence-electron chi connectivity index (χ0n) is 17.5. The molecule has 11 heteroatoms. The lowest BCUT2D eigenvalue weighted by Gasteiger charge is -2.33. The molecule has 4 aromatic rings. The lowest BCUT2D eigenvalue weighted by atomic mass is 10.1. The number of piperazine rings is 1. The second kappa shape index (κ2) is 8.58. The van der Waals surface area contributed by atoms with Gasteiger partial charge in [-0.05, 0) is 45.5 Å². The third kappa shape index (κ3) is 4.22. The van der Waals surface area contributed by atoms with Crippen molar-refractivity contribution in [1.82, 2.24) is 29.4 Å². The van der Waals surface area contributed by atoms with Crippen molar-refractivity contribution >= 4 is 20.8 Å². The Bertz CT molecular complexity index is 1420. The summed E-state index contributed by atoms with van der Waals surface area (Å²) in [7, 11) is -3.61. The van der Waals surface area contributed by atoms with Gasteiger partial charge in [-0.25, -0.2) is 17.2 Å². The first kappa shape index (κ1) is 21.6. The van der Waals surface area contributed by atoms with E-state index in [0.29, 0.717) is 44.2 Å². The van der Waals surface area contributed by atoms with Crippen molar-refractivity contribution in [1.29, 1.82) is 0 Å². The van der Waals surface area contributed by atoms with Gasteiger partial charge in [0.05, 0.1) is 17.1 Å². The monoisotopic (exact) mass is 470 g/mol. The van der Waals surface area contributed by atoms with Crippen molar-refractivity contribution in [2.24, 2.45) is 0 Å². The maximum absolute atomic E-state index is 13.6. The Morgan fingerprint density at radius 1 is 0.848 bits per heavy atom. The van der Waals surface area contributed by atoms with Gasteiger partial charge in [-0.3, -0.25) is 4.90 Å². The van der Waals surface area contributed by atoms with E-state index in [1.165, 1.54) is 15.1 Å². The molecule has 0 atom stereocenters. The van der Waals surface area contributed by atoms with Crippen LogP contribution >= 0.6 is 0 Å². The van der Waals surface area contributed by atoms with E-state index in [1.807, 2.05) is 35.2 Å². The second-order valence-corrected chi connectivity index (χ2v) is 9.73. The van der Waals surface area contributed by atoms with Gasteiger partial charge < -0.3 is 0 Å². The predicted molar refractivity (Wildman–Crippen MR) is 117 cm³/mol. The third-order valence-electron chi connectivity index (χ3n) is 5.74. The van der Waals surface area contributed by atoms with Crippen molar-refractivity contribution in [3.8, 4) is 5.69 Å². The average molecular weight is 471 g/mol. The number of hydrogen-bond donors (Lipinski definition) is 0. The van der Waals surface area contributed by atoms with E-state index in [0.717, 1.165) is 22.9 Å². The number of tetrazole rings is 1. The lowest BCUT2D eigenvalue weighted by Crippen LogP contribution is -2.48. The molecule has 1 aromatic heterocycles. The molecule has 0 bridgehead atoms. The summed E-state index contributed by atoms with van der Waals surface area (Å²) in [5.74, 6) is -1.48. The van der Waals surface area contributed by atoms with Crippen LogP contribution in [0.2, 0.25) is 0 Å². The number of aromatic nitrogens is 4. The van der Waals surface area contributed by atoms with Gasteiger partial charge in [0, 0.05) is 32.2 Å². The van der Waals surface area contributed by atoms with Crippen LogP contribution in [-0.2, 0) is 16.6 Å². The highest BCUT2D eigenvalue weighted by atomic mass is 32.2. The van der Waals surface area contributed by atoms with Crippen LogP contribution in [0.5, 0.6) is 0 Å². The first-order valence-electron chi connectivity index (χ1n) is 10.4. The summed E-state index contributed by atoms with van der Waals surface area (Å²) in [5.41, 5.74) is 0.311. The molecule has 33 heavy (non-hydrogen) atoms. The molecular weight excluding hydrogens is 450 g/mol. The molecule has 3 aromatic carbocycles. The fourth-order valence-electron chi connectivity index (χ4n) is 3.93. The van der Waals surface area contributed by atoms with Crippen LogP contribution < -0.4 is 0 Å². The quantitative estimate of drug-likeness (QED) is 0.446. The summed E-state index contributed by atoms with van der Waals surface area (Å²) < 4.78 is 56.0. The van der Waals surface area contributed by atoms with E-state index in [-0.39, 0.29) is 4.90 Å². The zero-order valence-corrected chi connectivity index (χ0v) is 18.3. The van der Waals surface area contributed by atoms with E-state index in [4.69, 9.17) is 0 Å². The standard InChI is InChI=1S/C22H20F2N6O2S/c23-20-8-6-18(14-21(20)24)30-22(25-26-27-30)15-28-9-11-29(12-10-28)33(31,32)19-7-5-16-3-1-2-4-17(16)13-19/h1-8,13-14H,9-12,15H2. The predicted octanol–water partition coefficient (Wildman–Crippen LogP) is 2.60. The van der Waals surface area contributed by atoms with Gasteiger partial charge in [-0.2, -0.15) is 8.99 Å². The van der Waals surface area contributed by atoms with Gasteiger partial charge >= 0.3 is 0 Å². The van der Waals surface area contributed by atoms with Crippen molar-refractivity contribution in [3.05, 3.63) is 78.1 Å². The number of hydrogen-bond acceptors (Lipinski definition) is 6. The van der Waals surface area contributed by atoms with Crippen molar-refractivity contribution in [2.75, 3.05) is 26.2 Å². The van der Waals surface area contributed by atoms with Gasteiger partial charge in [0.2, 0.25) is 10.0 Å². The topological polar surface area (TPSA) is 84.2 Å². The molecule has 0 saturated carbocycles. The first-order valence-corrected chi connectivity index (χ1v) is 11.8. The summed E-state index contributed by atoms with van der Waals surface area (Å²) in [5, 5.41) is 13.4. The molecule has 0 spiro atoms. The minimum Gasteiger partial charge on any atom is -0.293 e. The second-order valence-electron chi connectivity index (χ2n) is 7.79. The van der Waals surface area contributed by atoms with E-state index < -0.39 is 21.7 Å². The number of halogens is 2. The molecular formula is C22H20F2N6O2S. The number of benzene rings is 3. The average Bonchev–Trinajstić information content (AvgIpc) is 3.29. The molecule has 1 aliphatic rings.